The van der Waals surface area contributed by atoms with Crippen LogP contribution in [0.4, 0.5) is 0 Å². The van der Waals surface area contributed by atoms with E-state index >= 15 is 0 Å². The molecule has 3 N–H and O–H groups in total. The molecule has 0 aliphatic carbocycles. The molecule has 1 aromatic heterocycles. The van der Waals surface area contributed by atoms with Gasteiger partial charge in [0.1, 0.15) is 0 Å². The normalized spacial score (nSPS) is 12.8. The zero-order valence-electron chi connectivity index (χ0n) is 11.3. The number of nitrogens with one attached hydrogen (secondary N) is 2. The highest BCUT2D eigenvalue weighted by molar-refractivity contribution is 5.97. The topological polar surface area (TPSA) is 65.1 Å². The monoisotopic (exact) mass is 260 g/mol. The summed E-state index contributed by atoms with van der Waals surface area (Å²) in [6.45, 7) is 4.38. The van der Waals surface area contributed by atoms with Gasteiger partial charge in [-0.2, -0.15) is 0 Å². The molecule has 0 fully saturated rings. The molecule has 0 spiro atoms. The second-order valence-corrected chi connectivity index (χ2v) is 5.27. The highest BCUT2D eigenvalue weighted by atomic mass is 16.3. The molecule has 1 aromatic carbocycles. The van der Waals surface area contributed by atoms with Crippen LogP contribution in [0.3, 0.4) is 0 Å². The lowest BCUT2D eigenvalue weighted by Gasteiger charge is -2.13. The van der Waals surface area contributed by atoms with Crippen LogP contribution in [0, 0.1) is 5.92 Å². The third-order valence-electron chi connectivity index (χ3n) is 3.06. The van der Waals surface area contributed by atoms with Crippen molar-refractivity contribution in [2.75, 3.05) is 6.54 Å². The predicted molar refractivity (Wildman–Crippen MR) is 76.1 cm³/mol. The van der Waals surface area contributed by atoms with E-state index in [-0.39, 0.29) is 5.91 Å². The zero-order valence-corrected chi connectivity index (χ0v) is 11.3. The first kappa shape index (κ1) is 13.6. The number of aromatic nitrogens is 1. The van der Waals surface area contributed by atoms with Gasteiger partial charge in [-0.15, -0.1) is 0 Å². The Kier molecular flexibility index (Phi) is 4.22. The summed E-state index contributed by atoms with van der Waals surface area (Å²) in [4.78, 5) is 15.0. The summed E-state index contributed by atoms with van der Waals surface area (Å²) >= 11 is 0. The quantitative estimate of drug-likeness (QED) is 0.772. The molecule has 1 atom stereocenters. The highest BCUT2D eigenvalue weighted by Crippen LogP contribution is 2.14. The van der Waals surface area contributed by atoms with Crippen LogP contribution in [0.2, 0.25) is 0 Å². The maximum Gasteiger partial charge on any atom is 0.251 e. The van der Waals surface area contributed by atoms with E-state index in [2.05, 4.69) is 10.3 Å². The summed E-state index contributed by atoms with van der Waals surface area (Å²) in [5, 5.41) is 13.6. The van der Waals surface area contributed by atoms with Crippen LogP contribution in [-0.2, 0) is 0 Å². The molecule has 0 saturated carbocycles. The van der Waals surface area contributed by atoms with Crippen molar-refractivity contribution in [2.24, 2.45) is 5.92 Å². The Bertz CT molecular complexity index is 560. The third-order valence-corrected chi connectivity index (χ3v) is 3.06. The highest BCUT2D eigenvalue weighted by Gasteiger charge is 2.11. The second-order valence-electron chi connectivity index (χ2n) is 5.27. The van der Waals surface area contributed by atoms with Gasteiger partial charge >= 0.3 is 0 Å². The van der Waals surface area contributed by atoms with E-state index in [0.29, 0.717) is 24.4 Å². The van der Waals surface area contributed by atoms with Crippen molar-refractivity contribution in [1.29, 1.82) is 0 Å². The number of rotatable bonds is 5. The fourth-order valence-corrected chi connectivity index (χ4v) is 2.13. The van der Waals surface area contributed by atoms with Crippen LogP contribution < -0.4 is 5.32 Å². The van der Waals surface area contributed by atoms with Gasteiger partial charge in [0.15, 0.2) is 0 Å². The van der Waals surface area contributed by atoms with Crippen molar-refractivity contribution in [2.45, 2.75) is 26.4 Å². The maximum atomic E-state index is 12.0. The van der Waals surface area contributed by atoms with Gasteiger partial charge in [-0.3, -0.25) is 4.79 Å². The molecular weight excluding hydrogens is 240 g/mol. The number of aromatic amines is 1. The van der Waals surface area contributed by atoms with E-state index in [4.69, 9.17) is 0 Å². The maximum absolute atomic E-state index is 12.0. The average Bonchev–Trinajstić information content (AvgIpc) is 2.82. The molecule has 0 bridgehead atoms. The lowest BCUT2D eigenvalue weighted by Crippen LogP contribution is -2.32. The first-order chi connectivity index (χ1) is 9.06. The molecule has 4 heteroatoms. The van der Waals surface area contributed by atoms with Crippen molar-refractivity contribution in [1.82, 2.24) is 10.3 Å². The van der Waals surface area contributed by atoms with Crippen LogP contribution in [0.25, 0.3) is 10.9 Å². The number of aliphatic hydroxyl groups excluding tert-OH is 1. The number of carbonyl (C=O) groups is 1. The zero-order chi connectivity index (χ0) is 13.8. The van der Waals surface area contributed by atoms with Gasteiger partial charge in [-0.1, -0.05) is 19.9 Å². The molecule has 1 heterocycles. The van der Waals surface area contributed by atoms with Gasteiger partial charge in [0.05, 0.1) is 6.10 Å². The van der Waals surface area contributed by atoms with Gasteiger partial charge in [0, 0.05) is 23.8 Å². The number of benzene rings is 1. The van der Waals surface area contributed by atoms with Crippen molar-refractivity contribution in [3.05, 3.63) is 36.0 Å². The Morgan fingerprint density at radius 3 is 2.89 bits per heavy atom. The van der Waals surface area contributed by atoms with Gasteiger partial charge in [-0.25, -0.2) is 0 Å². The molecule has 0 unspecified atom stereocenters. The number of H-pyrrole nitrogens is 1. The van der Waals surface area contributed by atoms with E-state index < -0.39 is 6.10 Å². The second kappa shape index (κ2) is 5.89. The van der Waals surface area contributed by atoms with Gasteiger partial charge in [-0.05, 0) is 35.9 Å². The first-order valence-electron chi connectivity index (χ1n) is 6.59. The average molecular weight is 260 g/mol. The molecule has 0 aliphatic rings. The van der Waals surface area contributed by atoms with Crippen molar-refractivity contribution >= 4 is 16.8 Å². The van der Waals surface area contributed by atoms with Gasteiger partial charge in [0.25, 0.3) is 5.91 Å². The Morgan fingerprint density at radius 1 is 1.37 bits per heavy atom. The molecule has 19 heavy (non-hydrogen) atoms. The number of aliphatic hydroxyl groups is 1. The summed E-state index contributed by atoms with van der Waals surface area (Å²) in [5.74, 6) is 0.265. The minimum absolute atomic E-state index is 0.153. The van der Waals surface area contributed by atoms with Crippen LogP contribution in [0.15, 0.2) is 30.5 Å². The van der Waals surface area contributed by atoms with E-state index in [1.807, 2.05) is 38.2 Å². The SMILES string of the molecule is CC(C)C[C@@H](O)CNC(=O)c1ccc2cc[nH]c2c1. The third kappa shape index (κ3) is 3.58. The number of hydrogen-bond acceptors (Lipinski definition) is 2. The van der Waals surface area contributed by atoms with Crippen molar-refractivity contribution in [3.8, 4) is 0 Å². The predicted octanol–water partition coefficient (Wildman–Crippen LogP) is 2.30. The largest absolute Gasteiger partial charge is 0.391 e. The van der Waals surface area contributed by atoms with E-state index in [1.54, 1.807) is 6.07 Å². The molecule has 0 aliphatic heterocycles. The minimum Gasteiger partial charge on any atom is -0.391 e. The van der Waals surface area contributed by atoms with Gasteiger partial charge < -0.3 is 15.4 Å². The fraction of sp³-hybridized carbons (Fsp3) is 0.400. The summed E-state index contributed by atoms with van der Waals surface area (Å²) in [7, 11) is 0. The van der Waals surface area contributed by atoms with Crippen LogP contribution in [0.5, 0.6) is 0 Å². The van der Waals surface area contributed by atoms with E-state index in [1.165, 1.54) is 0 Å². The van der Waals surface area contributed by atoms with E-state index in [0.717, 1.165) is 10.9 Å². The smallest absolute Gasteiger partial charge is 0.251 e. The number of fused-ring (bicyclic) bond motifs is 1. The molecule has 102 valence electrons. The Balaban J connectivity index is 1.95. The summed E-state index contributed by atoms with van der Waals surface area (Å²) in [6, 6.07) is 7.48. The molecular formula is C15H20N2O2. The Labute approximate surface area is 112 Å². The van der Waals surface area contributed by atoms with Crippen LogP contribution in [0.1, 0.15) is 30.6 Å². The summed E-state index contributed by atoms with van der Waals surface area (Å²) < 4.78 is 0. The number of hydrogen-bond donors (Lipinski definition) is 3. The molecule has 0 saturated heterocycles. The summed E-state index contributed by atoms with van der Waals surface area (Å²) in [5.41, 5.74) is 1.54. The van der Waals surface area contributed by atoms with Crippen molar-refractivity contribution < 1.29 is 9.90 Å². The molecule has 2 rings (SSSR count). The molecule has 4 nitrogen and oxygen atoms in total. The van der Waals surface area contributed by atoms with Crippen molar-refractivity contribution in [3.63, 3.8) is 0 Å². The Hall–Kier alpha value is -1.81. The lowest BCUT2D eigenvalue weighted by molar-refractivity contribution is 0.0900. The number of amides is 1. The first-order valence-corrected chi connectivity index (χ1v) is 6.59. The standard InChI is InChI=1S/C15H20N2O2/c1-10(2)7-13(18)9-17-15(19)12-4-3-11-5-6-16-14(11)8-12/h3-6,8,10,13,16,18H,7,9H2,1-2H3,(H,17,19)/t13-/m1/s1. The fourth-order valence-electron chi connectivity index (χ4n) is 2.13. The molecule has 0 radical (unpaired) electrons. The van der Waals surface area contributed by atoms with Crippen LogP contribution >= 0.6 is 0 Å². The van der Waals surface area contributed by atoms with E-state index in [9.17, 15) is 9.90 Å². The Morgan fingerprint density at radius 2 is 2.16 bits per heavy atom. The lowest BCUT2D eigenvalue weighted by atomic mass is 10.1. The molecule has 2 aromatic rings. The number of carbonyl (C=O) groups excluding carboxylic acids is 1. The summed E-state index contributed by atoms with van der Waals surface area (Å²) in [6.07, 6.45) is 2.05. The minimum atomic E-state index is -0.488. The van der Waals surface area contributed by atoms with Crippen LogP contribution in [-0.4, -0.2) is 28.6 Å². The molecule has 1 amide bonds. The van der Waals surface area contributed by atoms with Gasteiger partial charge in [0.2, 0.25) is 0 Å².